The van der Waals surface area contributed by atoms with Crippen molar-refractivity contribution in [2.45, 2.75) is 57.8 Å². The molecule has 3 aromatic rings. The summed E-state index contributed by atoms with van der Waals surface area (Å²) in [4.78, 5) is 36.1. The number of halogens is 3. The van der Waals surface area contributed by atoms with Gasteiger partial charge in [-0.1, -0.05) is 0 Å². The molecule has 0 bridgehead atoms. The topological polar surface area (TPSA) is 114 Å². The minimum absolute atomic E-state index is 0.00356. The van der Waals surface area contributed by atoms with Crippen LogP contribution >= 0.6 is 0 Å². The summed E-state index contributed by atoms with van der Waals surface area (Å²) in [6, 6.07) is 1.18. The number of aromatic nitrogens is 4. The molecule has 40 heavy (non-hydrogen) atoms. The molecule has 2 fully saturated rings. The molecule has 14 heteroatoms. The van der Waals surface area contributed by atoms with E-state index in [0.29, 0.717) is 31.2 Å². The Hall–Kier alpha value is -4.10. The molecule has 214 valence electrons. The maximum Gasteiger partial charge on any atom is 0.410 e. The lowest BCUT2D eigenvalue weighted by Gasteiger charge is -2.36. The number of alkyl halides is 1. The summed E-state index contributed by atoms with van der Waals surface area (Å²) in [6.45, 7) is 5.64. The number of hydrogen-bond acceptors (Lipinski definition) is 8. The molecule has 2 atom stereocenters. The number of amides is 2. The molecule has 3 aromatic heterocycles. The maximum atomic E-state index is 15.1. The van der Waals surface area contributed by atoms with Crippen molar-refractivity contribution in [3.63, 3.8) is 0 Å². The Morgan fingerprint density at radius 3 is 2.62 bits per heavy atom. The first-order valence-electron chi connectivity index (χ1n) is 12.9. The van der Waals surface area contributed by atoms with Gasteiger partial charge in [0.2, 0.25) is 5.91 Å². The number of anilines is 2. The number of pyridine rings is 1. The third-order valence-corrected chi connectivity index (χ3v) is 6.66. The largest absolute Gasteiger partial charge is 0.493 e. The summed E-state index contributed by atoms with van der Waals surface area (Å²) in [5.41, 5.74) is -0.656. The fraction of sp³-hybridized carbons (Fsp3) is 0.500. The summed E-state index contributed by atoms with van der Waals surface area (Å²) in [7, 11) is 1.44. The van der Waals surface area contributed by atoms with Gasteiger partial charge in [-0.2, -0.15) is 0 Å². The fourth-order valence-corrected chi connectivity index (χ4v) is 4.73. The second kappa shape index (κ2) is 10.5. The number of carbonyl (C=O) groups is 2. The number of hydrogen-bond donors (Lipinski definition) is 1. The van der Waals surface area contributed by atoms with Crippen LogP contribution in [0.15, 0.2) is 18.3 Å². The van der Waals surface area contributed by atoms with Gasteiger partial charge >= 0.3 is 6.09 Å². The van der Waals surface area contributed by atoms with Crippen LogP contribution in [0, 0.1) is 11.6 Å². The number of rotatable bonds is 5. The van der Waals surface area contributed by atoms with Gasteiger partial charge in [-0.3, -0.25) is 9.69 Å². The van der Waals surface area contributed by atoms with E-state index in [1.807, 2.05) is 0 Å². The lowest BCUT2D eigenvalue weighted by atomic mass is 10.0. The molecule has 1 N–H and O–H groups in total. The Labute approximate surface area is 228 Å². The smallest absolute Gasteiger partial charge is 0.410 e. The number of methoxy groups -OCH3 is 1. The quantitative estimate of drug-likeness (QED) is 0.498. The van der Waals surface area contributed by atoms with Crippen molar-refractivity contribution >= 4 is 29.3 Å². The van der Waals surface area contributed by atoms with Crippen LogP contribution in [0.4, 0.5) is 29.6 Å². The minimum atomic E-state index is -1.42. The first-order chi connectivity index (χ1) is 18.9. The second-order valence-electron chi connectivity index (χ2n) is 10.7. The molecule has 0 aromatic carbocycles. The summed E-state index contributed by atoms with van der Waals surface area (Å²) >= 11 is 0. The lowest BCUT2D eigenvalue weighted by molar-refractivity contribution is -0.117. The molecule has 0 radical (unpaired) electrons. The fourth-order valence-electron chi connectivity index (χ4n) is 4.73. The van der Waals surface area contributed by atoms with Crippen LogP contribution in [0.3, 0.4) is 0 Å². The van der Waals surface area contributed by atoms with Gasteiger partial charge in [0.1, 0.15) is 23.2 Å². The van der Waals surface area contributed by atoms with Gasteiger partial charge in [-0.05, 0) is 33.6 Å². The van der Waals surface area contributed by atoms with Gasteiger partial charge in [0.15, 0.2) is 34.7 Å². The molecule has 5 rings (SSSR count). The van der Waals surface area contributed by atoms with Crippen LogP contribution in [0.2, 0.25) is 0 Å². The van der Waals surface area contributed by atoms with Crippen LogP contribution in [-0.4, -0.2) is 81.0 Å². The lowest BCUT2D eigenvalue weighted by Crippen LogP contribution is -2.52. The molecule has 0 unspecified atom stereocenters. The first-order valence-corrected chi connectivity index (χ1v) is 12.9. The van der Waals surface area contributed by atoms with Crippen LogP contribution < -0.4 is 15.0 Å². The van der Waals surface area contributed by atoms with Gasteiger partial charge in [0, 0.05) is 38.2 Å². The molecule has 11 nitrogen and oxygen atoms in total. The van der Waals surface area contributed by atoms with Crippen LogP contribution in [0.5, 0.6) is 5.75 Å². The number of carbonyl (C=O) groups excluding carboxylic acids is 2. The number of nitrogens with one attached hydrogen (secondary N) is 1. The molecule has 0 aliphatic carbocycles. The van der Waals surface area contributed by atoms with Crippen LogP contribution in [0.1, 0.15) is 40.0 Å². The number of imidazole rings is 1. The van der Waals surface area contributed by atoms with E-state index >= 15 is 4.39 Å². The number of fused-ring (bicyclic) bond motifs is 1. The van der Waals surface area contributed by atoms with E-state index in [1.165, 1.54) is 27.6 Å². The Bertz CT molecular complexity index is 1460. The average molecular weight is 562 g/mol. The highest BCUT2D eigenvalue weighted by Crippen LogP contribution is 2.33. The van der Waals surface area contributed by atoms with Crippen LogP contribution in [-0.2, 0) is 9.53 Å². The van der Waals surface area contributed by atoms with E-state index < -0.39 is 41.4 Å². The number of piperidine rings is 1. The standard InChI is InChI=1S/C26H30F3N7O4/c1-26(2,3)40-25(38)34-9-7-14(27)17(13-34)31-23-16(29)10-15(28)22(32-23)18-12-30-20-11-19(39-4)24(33-36(18)20)35-8-5-6-21(35)37/h10-12,14,17H,5-9,13H2,1-4H3,(H,31,32)/t14-,17-/m0/s1. The SMILES string of the molecule is COc1cc2ncc(-c3nc(N[C@H]4CN(C(=O)OC(C)(C)C)CC[C@@H]4F)c(F)cc3F)n2nc1N1CCCC1=O. The van der Waals surface area contributed by atoms with Crippen molar-refractivity contribution < 1.29 is 32.2 Å². The highest BCUT2D eigenvalue weighted by Gasteiger charge is 2.35. The summed E-state index contributed by atoms with van der Waals surface area (Å²) < 4.78 is 56.9. The second-order valence-corrected chi connectivity index (χ2v) is 10.7. The van der Waals surface area contributed by atoms with Crippen molar-refractivity contribution in [1.29, 1.82) is 0 Å². The Balaban J connectivity index is 1.47. The van der Waals surface area contributed by atoms with Gasteiger partial charge in [0.25, 0.3) is 0 Å². The van der Waals surface area contributed by atoms with Crippen molar-refractivity contribution in [2.24, 2.45) is 0 Å². The van der Waals surface area contributed by atoms with Crippen molar-refractivity contribution in [1.82, 2.24) is 24.5 Å². The molecule has 0 saturated carbocycles. The zero-order valence-corrected chi connectivity index (χ0v) is 22.6. The van der Waals surface area contributed by atoms with E-state index in [0.717, 1.165) is 0 Å². The van der Waals surface area contributed by atoms with Gasteiger partial charge < -0.3 is 19.7 Å². The molecule has 0 spiro atoms. The van der Waals surface area contributed by atoms with Crippen molar-refractivity contribution in [3.8, 4) is 17.1 Å². The van der Waals surface area contributed by atoms with E-state index in [4.69, 9.17) is 9.47 Å². The molecular weight excluding hydrogens is 531 g/mol. The number of ether oxygens (including phenoxy) is 2. The summed E-state index contributed by atoms with van der Waals surface area (Å²) in [5, 5.41) is 7.19. The number of nitrogens with zero attached hydrogens (tertiary/aromatic N) is 6. The third-order valence-electron chi connectivity index (χ3n) is 6.66. The highest BCUT2D eigenvalue weighted by molar-refractivity contribution is 5.95. The van der Waals surface area contributed by atoms with Crippen molar-refractivity contribution in [3.05, 3.63) is 30.0 Å². The van der Waals surface area contributed by atoms with Crippen molar-refractivity contribution in [2.75, 3.05) is 37.0 Å². The first kappa shape index (κ1) is 27.5. The predicted octanol–water partition coefficient (Wildman–Crippen LogP) is 3.96. The van der Waals surface area contributed by atoms with Gasteiger partial charge in [-0.15, -0.1) is 5.10 Å². The predicted molar refractivity (Wildman–Crippen MR) is 139 cm³/mol. The molecular formula is C26H30F3N7O4. The summed E-state index contributed by atoms with van der Waals surface area (Å²) in [6.07, 6.45) is 0.309. The summed E-state index contributed by atoms with van der Waals surface area (Å²) in [5.74, 6) is -1.99. The molecule has 2 aliphatic rings. The minimum Gasteiger partial charge on any atom is -0.493 e. The third kappa shape index (κ3) is 5.34. The zero-order chi connectivity index (χ0) is 28.8. The van der Waals surface area contributed by atoms with E-state index in [1.54, 1.807) is 26.8 Å². The molecule has 5 heterocycles. The van der Waals surface area contributed by atoms with Crippen LogP contribution in [0.25, 0.3) is 17.0 Å². The average Bonchev–Trinajstić information content (AvgIpc) is 3.50. The van der Waals surface area contributed by atoms with Gasteiger partial charge in [0.05, 0.1) is 19.3 Å². The Kier molecular flexibility index (Phi) is 7.19. The van der Waals surface area contributed by atoms with Gasteiger partial charge in [-0.25, -0.2) is 32.4 Å². The Morgan fingerprint density at radius 2 is 1.95 bits per heavy atom. The number of likely N-dealkylation sites (tertiary alicyclic amines) is 1. The maximum absolute atomic E-state index is 15.1. The molecule has 2 amide bonds. The van der Waals surface area contributed by atoms with E-state index in [9.17, 15) is 18.4 Å². The molecule has 2 saturated heterocycles. The monoisotopic (exact) mass is 561 g/mol. The highest BCUT2D eigenvalue weighted by atomic mass is 19.1. The molecule has 2 aliphatic heterocycles. The Morgan fingerprint density at radius 1 is 1.18 bits per heavy atom. The normalized spacial score (nSPS) is 19.8. The van der Waals surface area contributed by atoms with E-state index in [2.05, 4.69) is 20.4 Å². The van der Waals surface area contributed by atoms with E-state index in [-0.39, 0.29) is 48.3 Å². The zero-order valence-electron chi connectivity index (χ0n) is 22.6.